The number of rotatable bonds is 4. The zero-order valence-corrected chi connectivity index (χ0v) is 21.3. The van der Waals surface area contributed by atoms with Gasteiger partial charge in [-0.15, -0.1) is 0 Å². The Hall–Kier alpha value is -4.65. The lowest BCUT2D eigenvalue weighted by atomic mass is 9.99. The highest BCUT2D eigenvalue weighted by molar-refractivity contribution is 5.90. The minimum absolute atomic E-state index is 0.312. The number of carbonyl (C=O) groups is 1. The molecule has 1 atom stereocenters. The molecule has 1 aliphatic heterocycles. The Morgan fingerprint density at radius 1 is 1.00 bits per heavy atom. The molecule has 1 unspecified atom stereocenters. The summed E-state index contributed by atoms with van der Waals surface area (Å²) in [6.07, 6.45) is 2.96. The standard InChI is InChI=1S/C31H28FN5O/c1-3-22-14-16-23(17-15-22)29-28-13-8-18-35(28)30-27(21(2)34-37(30)26-11-5-4-6-12-26)20-36(29)31(38)33-25-10-7-9-24(32)19-25/h4-19,29H,3,20H2,1-2H3,(H,33,38). The molecule has 1 aliphatic rings. The van der Waals surface area contributed by atoms with Crippen molar-refractivity contribution in [1.29, 1.82) is 0 Å². The Morgan fingerprint density at radius 2 is 1.79 bits per heavy atom. The Balaban J connectivity index is 1.53. The predicted octanol–water partition coefficient (Wildman–Crippen LogP) is 6.81. The van der Waals surface area contributed by atoms with Crippen molar-refractivity contribution in [3.8, 4) is 11.5 Å². The minimum atomic E-state index is -0.401. The van der Waals surface area contributed by atoms with E-state index in [2.05, 4.69) is 41.1 Å². The Labute approximate surface area is 221 Å². The molecule has 0 bridgehead atoms. The summed E-state index contributed by atoms with van der Waals surface area (Å²) in [5.74, 6) is 0.506. The van der Waals surface area contributed by atoms with E-state index in [1.807, 2.05) is 65.2 Å². The van der Waals surface area contributed by atoms with Gasteiger partial charge in [-0.3, -0.25) is 0 Å². The van der Waals surface area contributed by atoms with E-state index in [0.29, 0.717) is 12.2 Å². The molecule has 0 spiro atoms. The van der Waals surface area contributed by atoms with Crippen molar-refractivity contribution in [2.75, 3.05) is 5.32 Å². The molecule has 3 heterocycles. The number of halogens is 1. The van der Waals surface area contributed by atoms with Crippen LogP contribution in [0, 0.1) is 12.7 Å². The van der Waals surface area contributed by atoms with Gasteiger partial charge in [-0.1, -0.05) is 55.5 Å². The summed E-state index contributed by atoms with van der Waals surface area (Å²) in [6, 6.07) is 27.7. The average Bonchev–Trinajstić information content (AvgIpc) is 3.49. The van der Waals surface area contributed by atoms with E-state index in [0.717, 1.165) is 40.4 Å². The van der Waals surface area contributed by atoms with Crippen molar-refractivity contribution in [3.63, 3.8) is 0 Å². The van der Waals surface area contributed by atoms with E-state index >= 15 is 0 Å². The van der Waals surface area contributed by atoms with Crippen LogP contribution in [0.25, 0.3) is 11.5 Å². The Morgan fingerprint density at radius 3 is 2.53 bits per heavy atom. The molecule has 0 aliphatic carbocycles. The molecular formula is C31H28FN5O. The van der Waals surface area contributed by atoms with Crippen molar-refractivity contribution in [2.45, 2.75) is 32.9 Å². The zero-order valence-electron chi connectivity index (χ0n) is 21.3. The quantitative estimate of drug-likeness (QED) is 0.292. The van der Waals surface area contributed by atoms with Crippen LogP contribution in [0.2, 0.25) is 0 Å². The van der Waals surface area contributed by atoms with Crippen LogP contribution in [0.5, 0.6) is 0 Å². The van der Waals surface area contributed by atoms with Gasteiger partial charge in [0.05, 0.1) is 29.7 Å². The van der Waals surface area contributed by atoms with Gasteiger partial charge in [0.2, 0.25) is 0 Å². The third kappa shape index (κ3) is 4.16. The highest BCUT2D eigenvalue weighted by Gasteiger charge is 2.36. The number of amides is 2. The van der Waals surface area contributed by atoms with E-state index in [9.17, 15) is 9.18 Å². The molecule has 0 radical (unpaired) electrons. The maximum atomic E-state index is 13.9. The van der Waals surface area contributed by atoms with Gasteiger partial charge in [-0.05, 0) is 66.9 Å². The van der Waals surface area contributed by atoms with Gasteiger partial charge in [-0.2, -0.15) is 5.10 Å². The van der Waals surface area contributed by atoms with Gasteiger partial charge in [0.15, 0.2) is 0 Å². The van der Waals surface area contributed by atoms with E-state index < -0.39 is 5.82 Å². The molecule has 38 heavy (non-hydrogen) atoms. The van der Waals surface area contributed by atoms with Crippen molar-refractivity contribution in [3.05, 3.63) is 131 Å². The van der Waals surface area contributed by atoms with E-state index in [1.165, 1.54) is 17.7 Å². The smallest absolute Gasteiger partial charge is 0.308 e. The molecule has 0 saturated heterocycles. The van der Waals surface area contributed by atoms with Gasteiger partial charge < -0.3 is 14.8 Å². The normalized spacial score (nSPS) is 14.5. The molecule has 3 aromatic carbocycles. The van der Waals surface area contributed by atoms with Crippen molar-refractivity contribution >= 4 is 11.7 Å². The van der Waals surface area contributed by atoms with Crippen molar-refractivity contribution in [1.82, 2.24) is 19.2 Å². The number of aryl methyl sites for hydroxylation is 2. The van der Waals surface area contributed by atoms with Crippen molar-refractivity contribution < 1.29 is 9.18 Å². The van der Waals surface area contributed by atoms with E-state index in [4.69, 9.17) is 5.10 Å². The second kappa shape index (κ2) is 9.67. The summed E-state index contributed by atoms with van der Waals surface area (Å²) in [4.78, 5) is 15.7. The predicted molar refractivity (Wildman–Crippen MR) is 146 cm³/mol. The zero-order chi connectivity index (χ0) is 26.2. The first-order chi connectivity index (χ1) is 18.5. The third-order valence-corrected chi connectivity index (χ3v) is 7.13. The molecular weight excluding hydrogens is 477 g/mol. The van der Waals surface area contributed by atoms with Crippen LogP contribution in [0.3, 0.4) is 0 Å². The van der Waals surface area contributed by atoms with Crippen LogP contribution >= 0.6 is 0 Å². The summed E-state index contributed by atoms with van der Waals surface area (Å²) >= 11 is 0. The fraction of sp³-hybridized carbons (Fsp3) is 0.161. The van der Waals surface area contributed by atoms with Crippen LogP contribution < -0.4 is 5.32 Å². The molecule has 1 N–H and O–H groups in total. The maximum absolute atomic E-state index is 13.9. The van der Waals surface area contributed by atoms with Gasteiger partial charge in [-0.25, -0.2) is 13.9 Å². The van der Waals surface area contributed by atoms with E-state index in [-0.39, 0.29) is 12.1 Å². The second-order valence-corrected chi connectivity index (χ2v) is 9.50. The summed E-state index contributed by atoms with van der Waals surface area (Å²) in [5.41, 5.74) is 6.32. The monoisotopic (exact) mass is 505 g/mol. The van der Waals surface area contributed by atoms with Gasteiger partial charge in [0.1, 0.15) is 11.6 Å². The maximum Gasteiger partial charge on any atom is 0.322 e. The fourth-order valence-corrected chi connectivity index (χ4v) is 5.20. The Bertz CT molecular complexity index is 1600. The summed E-state index contributed by atoms with van der Waals surface area (Å²) in [7, 11) is 0. The number of anilines is 1. The topological polar surface area (TPSA) is 55.1 Å². The average molecular weight is 506 g/mol. The number of carbonyl (C=O) groups excluding carboxylic acids is 1. The van der Waals surface area contributed by atoms with Crippen LogP contribution in [0.1, 0.15) is 41.0 Å². The largest absolute Gasteiger partial charge is 0.322 e. The first-order valence-corrected chi connectivity index (χ1v) is 12.8. The lowest BCUT2D eigenvalue weighted by Crippen LogP contribution is -2.38. The highest BCUT2D eigenvalue weighted by atomic mass is 19.1. The van der Waals surface area contributed by atoms with E-state index in [1.54, 1.807) is 12.1 Å². The molecule has 7 heteroatoms. The molecule has 6 nitrogen and oxygen atoms in total. The van der Waals surface area contributed by atoms with Gasteiger partial charge in [0, 0.05) is 17.4 Å². The number of hydrogen-bond donors (Lipinski definition) is 1. The van der Waals surface area contributed by atoms with Gasteiger partial charge in [0.25, 0.3) is 0 Å². The van der Waals surface area contributed by atoms with Crippen LogP contribution in [0.15, 0.2) is 97.2 Å². The number of urea groups is 1. The Kier molecular flexibility index (Phi) is 6.04. The number of hydrogen-bond acceptors (Lipinski definition) is 2. The molecule has 6 rings (SSSR count). The molecule has 0 saturated carbocycles. The van der Waals surface area contributed by atoms with Crippen LogP contribution in [-0.4, -0.2) is 25.3 Å². The number of nitrogens with one attached hydrogen (secondary N) is 1. The minimum Gasteiger partial charge on any atom is -0.308 e. The number of aromatic nitrogens is 3. The highest BCUT2D eigenvalue weighted by Crippen LogP contribution is 2.38. The first kappa shape index (κ1) is 23.7. The second-order valence-electron chi connectivity index (χ2n) is 9.50. The number of fused-ring (bicyclic) bond motifs is 3. The van der Waals surface area contributed by atoms with Crippen LogP contribution in [-0.2, 0) is 13.0 Å². The van der Waals surface area contributed by atoms with Gasteiger partial charge >= 0.3 is 6.03 Å². The molecule has 190 valence electrons. The number of nitrogens with zero attached hydrogens (tertiary/aromatic N) is 4. The number of benzene rings is 3. The third-order valence-electron chi connectivity index (χ3n) is 7.13. The fourth-order valence-electron chi connectivity index (χ4n) is 5.20. The first-order valence-electron chi connectivity index (χ1n) is 12.8. The molecule has 2 amide bonds. The summed E-state index contributed by atoms with van der Waals surface area (Å²) in [5, 5.41) is 7.81. The summed E-state index contributed by atoms with van der Waals surface area (Å²) < 4.78 is 18.0. The molecule has 5 aromatic rings. The molecule has 2 aromatic heterocycles. The summed E-state index contributed by atoms with van der Waals surface area (Å²) in [6.45, 7) is 4.43. The molecule has 0 fully saturated rings. The lowest BCUT2D eigenvalue weighted by Gasteiger charge is -2.31. The lowest BCUT2D eigenvalue weighted by molar-refractivity contribution is 0.194. The SMILES string of the molecule is CCc1ccc(C2c3cccn3-c3c(c(C)nn3-c3ccccc3)CN2C(=O)Nc2cccc(F)c2)cc1. The van der Waals surface area contributed by atoms with Crippen LogP contribution in [0.4, 0.5) is 14.9 Å². The number of para-hydroxylation sites is 1. The van der Waals surface area contributed by atoms with Crippen molar-refractivity contribution in [2.24, 2.45) is 0 Å².